The molecular weight excluding hydrogens is 544 g/mol. The maximum Gasteiger partial charge on any atom is 0.136 e. The summed E-state index contributed by atoms with van der Waals surface area (Å²) < 4.78 is 0. The van der Waals surface area contributed by atoms with Crippen LogP contribution in [-0.2, 0) is 10.8 Å². The number of likely N-dealkylation sites (N-methyl/N-ethyl adjacent to an activating group) is 2. The molecule has 1 aliphatic carbocycles. The summed E-state index contributed by atoms with van der Waals surface area (Å²) in [5, 5.41) is 6.58. The zero-order valence-corrected chi connectivity index (χ0v) is 27.4. The van der Waals surface area contributed by atoms with Crippen molar-refractivity contribution < 1.29 is 4.90 Å². The predicted molar refractivity (Wildman–Crippen MR) is 185 cm³/mol. The number of nitrogens with one attached hydrogen (secondary N) is 1. The maximum atomic E-state index is 7.28. The van der Waals surface area contributed by atoms with Gasteiger partial charge in [-0.2, -0.15) is 0 Å². The number of anilines is 1. The van der Waals surface area contributed by atoms with Gasteiger partial charge in [0, 0.05) is 34.8 Å². The lowest BCUT2D eigenvalue weighted by atomic mass is 9.75. The first-order chi connectivity index (χ1) is 20.6. The fraction of sp³-hybridized carbons (Fsp3) is 0.400. The van der Waals surface area contributed by atoms with Gasteiger partial charge in [-0.15, -0.1) is 0 Å². The van der Waals surface area contributed by atoms with Gasteiger partial charge in [0.25, 0.3) is 0 Å². The van der Waals surface area contributed by atoms with Gasteiger partial charge in [0.2, 0.25) is 0 Å². The van der Waals surface area contributed by atoms with Crippen LogP contribution in [0.1, 0.15) is 70.9 Å². The molecule has 3 heteroatoms. The Morgan fingerprint density at radius 1 is 0.837 bits per heavy atom. The Kier molecular flexibility index (Phi) is 7.02. The first-order valence-corrected chi connectivity index (χ1v) is 16.7. The fourth-order valence-electron chi connectivity index (χ4n) is 9.20. The quantitative estimate of drug-likeness (QED) is 0.244. The van der Waals surface area contributed by atoms with Gasteiger partial charge in [-0.05, 0) is 109 Å². The molecule has 222 valence electrons. The summed E-state index contributed by atoms with van der Waals surface area (Å²) in [5.41, 5.74) is 7.30. The molecule has 3 aliphatic rings. The number of allylic oxidation sites excluding steroid dienone is 3. The number of rotatable bonds is 5. The standard InChI is InChI=1S/C40H45ClN2/c1-39(2)34(42(5)32-22-18-26-12-7-9-16-30(26)36(32)39)24-20-28-14-11-15-29(38(28)41)21-25-35-40(3,4)37-31-17-10-8-13-27(31)19-23-33(37)43(35)6/h7-10,12-13,16-20,22-24,29,34-35H,11,14-15,21,25H2,1-6H3/p+1/b24-20+. The second-order valence-corrected chi connectivity index (χ2v) is 14.9. The van der Waals surface area contributed by atoms with E-state index < -0.39 is 0 Å². The third-order valence-corrected chi connectivity index (χ3v) is 12.0. The third-order valence-electron chi connectivity index (χ3n) is 11.4. The molecule has 0 aromatic heterocycles. The molecule has 0 saturated heterocycles. The fourth-order valence-corrected chi connectivity index (χ4v) is 9.58. The van der Waals surface area contributed by atoms with Crippen LogP contribution in [0.5, 0.6) is 0 Å². The lowest BCUT2D eigenvalue weighted by Crippen LogP contribution is -3.07. The highest BCUT2D eigenvalue weighted by atomic mass is 35.5. The molecule has 7 rings (SSSR count). The lowest BCUT2D eigenvalue weighted by Gasteiger charge is -2.34. The minimum absolute atomic E-state index is 0.0374. The average Bonchev–Trinajstić information content (AvgIpc) is 3.33. The van der Waals surface area contributed by atoms with Crippen LogP contribution in [-0.4, -0.2) is 26.2 Å². The number of nitrogens with zero attached hydrogens (tertiary/aromatic N) is 1. The molecule has 2 nitrogen and oxygen atoms in total. The topological polar surface area (TPSA) is 7.68 Å². The number of hydrogen-bond acceptors (Lipinski definition) is 1. The summed E-state index contributed by atoms with van der Waals surface area (Å²) in [7, 11) is 4.63. The van der Waals surface area contributed by atoms with E-state index in [1.807, 2.05) is 0 Å². The van der Waals surface area contributed by atoms with Gasteiger partial charge >= 0.3 is 0 Å². The molecule has 1 N–H and O–H groups in total. The van der Waals surface area contributed by atoms with Crippen LogP contribution in [0.25, 0.3) is 21.5 Å². The molecule has 2 aliphatic heterocycles. The second kappa shape index (κ2) is 10.5. The van der Waals surface area contributed by atoms with Crippen LogP contribution >= 0.6 is 11.6 Å². The molecule has 0 saturated carbocycles. The Hall–Kier alpha value is -3.07. The molecule has 0 fully saturated rings. The lowest BCUT2D eigenvalue weighted by molar-refractivity contribution is -0.828. The number of quaternary nitrogens is 1. The van der Waals surface area contributed by atoms with E-state index in [0.717, 1.165) is 24.3 Å². The van der Waals surface area contributed by atoms with Crippen molar-refractivity contribution in [2.45, 2.75) is 82.7 Å². The largest absolute Gasteiger partial charge is 0.370 e. The van der Waals surface area contributed by atoms with Crippen molar-refractivity contribution in [3.63, 3.8) is 0 Å². The average molecular weight is 590 g/mol. The summed E-state index contributed by atoms with van der Waals surface area (Å²) in [5.74, 6) is 0.447. The number of hydrogen-bond donors (Lipinski definition) is 1. The van der Waals surface area contributed by atoms with E-state index in [-0.39, 0.29) is 10.8 Å². The molecule has 4 atom stereocenters. The van der Waals surface area contributed by atoms with Crippen LogP contribution in [0, 0.1) is 5.92 Å². The van der Waals surface area contributed by atoms with Crippen molar-refractivity contribution >= 4 is 44.5 Å². The Bertz CT molecular complexity index is 1780. The van der Waals surface area contributed by atoms with Gasteiger partial charge in [0.05, 0.1) is 12.5 Å². The minimum Gasteiger partial charge on any atom is -0.370 e. The Morgan fingerprint density at radius 2 is 1.49 bits per heavy atom. The Labute approximate surface area is 263 Å². The minimum atomic E-state index is 0.0374. The van der Waals surface area contributed by atoms with Gasteiger partial charge in [-0.1, -0.05) is 86.1 Å². The highest BCUT2D eigenvalue weighted by molar-refractivity contribution is 6.30. The smallest absolute Gasteiger partial charge is 0.136 e. The highest BCUT2D eigenvalue weighted by Crippen LogP contribution is 2.50. The van der Waals surface area contributed by atoms with E-state index in [2.05, 4.69) is 132 Å². The van der Waals surface area contributed by atoms with Crippen LogP contribution in [0.3, 0.4) is 0 Å². The molecule has 0 bridgehead atoms. The first-order valence-electron chi connectivity index (χ1n) is 16.3. The highest BCUT2D eigenvalue weighted by Gasteiger charge is 2.47. The second-order valence-electron chi connectivity index (χ2n) is 14.5. The normalized spacial score (nSPS) is 26.1. The van der Waals surface area contributed by atoms with Crippen LogP contribution in [0.4, 0.5) is 11.4 Å². The molecule has 4 aromatic carbocycles. The van der Waals surface area contributed by atoms with Crippen LogP contribution < -0.4 is 9.80 Å². The number of benzene rings is 4. The van der Waals surface area contributed by atoms with Crippen molar-refractivity contribution in [1.82, 2.24) is 0 Å². The zero-order chi connectivity index (χ0) is 30.1. The van der Waals surface area contributed by atoms with Crippen molar-refractivity contribution in [2.75, 3.05) is 19.0 Å². The molecule has 2 heterocycles. The Morgan fingerprint density at radius 3 is 2.21 bits per heavy atom. The van der Waals surface area contributed by atoms with E-state index >= 15 is 0 Å². The van der Waals surface area contributed by atoms with Crippen molar-refractivity contribution in [2.24, 2.45) is 5.92 Å². The van der Waals surface area contributed by atoms with E-state index in [1.165, 1.54) is 67.4 Å². The predicted octanol–water partition coefficient (Wildman–Crippen LogP) is 9.22. The first kappa shape index (κ1) is 28.7. The summed E-state index contributed by atoms with van der Waals surface area (Å²) in [4.78, 5) is 4.02. The molecule has 4 unspecified atom stereocenters. The van der Waals surface area contributed by atoms with Gasteiger partial charge < -0.3 is 4.90 Å². The molecule has 4 aromatic rings. The third kappa shape index (κ3) is 4.47. The molecule has 43 heavy (non-hydrogen) atoms. The summed E-state index contributed by atoms with van der Waals surface area (Å²) in [6, 6.07) is 27.8. The van der Waals surface area contributed by atoms with E-state index in [0.29, 0.717) is 18.0 Å². The van der Waals surface area contributed by atoms with Gasteiger partial charge in [-0.25, -0.2) is 0 Å². The van der Waals surface area contributed by atoms with Gasteiger partial charge in [0.1, 0.15) is 11.7 Å². The van der Waals surface area contributed by atoms with E-state index in [1.54, 1.807) is 0 Å². The Balaban J connectivity index is 1.11. The van der Waals surface area contributed by atoms with Gasteiger partial charge in [-0.3, -0.25) is 4.90 Å². The summed E-state index contributed by atoms with van der Waals surface area (Å²) in [6.07, 6.45) is 10.6. The molecule has 0 radical (unpaired) electrons. The van der Waals surface area contributed by atoms with E-state index in [4.69, 9.17) is 11.6 Å². The maximum absolute atomic E-state index is 7.28. The van der Waals surface area contributed by atoms with Crippen LogP contribution in [0.2, 0.25) is 0 Å². The number of halogens is 1. The van der Waals surface area contributed by atoms with Crippen molar-refractivity contribution in [1.29, 1.82) is 0 Å². The summed E-state index contributed by atoms with van der Waals surface area (Å²) in [6.45, 7) is 9.74. The zero-order valence-electron chi connectivity index (χ0n) is 26.7. The molecular formula is C40H46ClN2+. The monoisotopic (exact) mass is 589 g/mol. The molecule has 0 spiro atoms. The number of fused-ring (bicyclic) bond motifs is 6. The van der Waals surface area contributed by atoms with Crippen molar-refractivity contribution in [3.8, 4) is 0 Å². The molecule has 0 amide bonds. The van der Waals surface area contributed by atoms with Crippen LogP contribution in [0.15, 0.2) is 95.6 Å². The summed E-state index contributed by atoms with van der Waals surface area (Å²) >= 11 is 7.28. The SMILES string of the molecule is CN1c2ccc3ccccc3c2C(C)(C)C1CCC1CCCC(/C=C/C2[NH+](C)c3ccc4ccccc4c3C2(C)C)=C1Cl. The van der Waals surface area contributed by atoms with E-state index in [9.17, 15) is 0 Å². The van der Waals surface area contributed by atoms with Gasteiger partial charge in [0.15, 0.2) is 0 Å². The van der Waals surface area contributed by atoms with Crippen molar-refractivity contribution in [3.05, 3.63) is 107 Å².